The Morgan fingerprint density at radius 3 is 2.65 bits per heavy atom. The number of carbonyl (C=O) groups excluding carboxylic acids is 1. The molecule has 1 aliphatic carbocycles. The van der Waals surface area contributed by atoms with Gasteiger partial charge in [0.1, 0.15) is 15.7 Å². The Morgan fingerprint density at radius 1 is 1.19 bits per heavy atom. The summed E-state index contributed by atoms with van der Waals surface area (Å²) < 4.78 is 38.1. The van der Waals surface area contributed by atoms with Crippen molar-refractivity contribution in [1.29, 1.82) is 0 Å². The lowest BCUT2D eigenvalue weighted by molar-refractivity contribution is 0.0729. The molecule has 9 nitrogen and oxygen atoms in total. The maximum absolute atomic E-state index is 13.1. The first kappa shape index (κ1) is 22.1. The molecule has 4 rings (SSSR count). The highest BCUT2D eigenvalue weighted by molar-refractivity contribution is 7.89. The number of benzene rings is 1. The van der Waals surface area contributed by atoms with Gasteiger partial charge in [0.25, 0.3) is 5.91 Å². The van der Waals surface area contributed by atoms with Crippen molar-refractivity contribution >= 4 is 32.4 Å². The highest BCUT2D eigenvalue weighted by Gasteiger charge is 2.30. The van der Waals surface area contributed by atoms with Crippen molar-refractivity contribution in [2.45, 2.75) is 42.9 Å². The maximum Gasteiger partial charge on any atom is 0.257 e. The molecule has 0 spiro atoms. The fraction of sp³-hybridized carbons (Fsp3) is 0.550. The summed E-state index contributed by atoms with van der Waals surface area (Å²) >= 11 is 1.38. The molecule has 11 heteroatoms. The molecule has 2 heterocycles. The van der Waals surface area contributed by atoms with Crippen LogP contribution in [0.3, 0.4) is 0 Å². The largest absolute Gasteiger partial charge is 0.495 e. The van der Waals surface area contributed by atoms with Gasteiger partial charge in [0, 0.05) is 24.6 Å². The molecule has 2 fully saturated rings. The molecule has 2 aliphatic rings. The monoisotopic (exact) mass is 466 g/mol. The van der Waals surface area contributed by atoms with E-state index in [9.17, 15) is 13.2 Å². The molecule has 0 radical (unpaired) electrons. The lowest BCUT2D eigenvalue weighted by Gasteiger charge is -2.26. The van der Waals surface area contributed by atoms with Gasteiger partial charge < -0.3 is 9.47 Å². The summed E-state index contributed by atoms with van der Waals surface area (Å²) in [6.45, 7) is 1.19. The van der Waals surface area contributed by atoms with Gasteiger partial charge >= 0.3 is 0 Å². The van der Waals surface area contributed by atoms with Gasteiger partial charge in [-0.05, 0) is 31.0 Å². The first-order valence-corrected chi connectivity index (χ1v) is 12.7. The SMILES string of the molecule is COc1ccc(C(=O)Nc2nnc(C3CCCCC3)s2)cc1S(=O)(=O)N1CCOCC1. The summed E-state index contributed by atoms with van der Waals surface area (Å²) in [4.78, 5) is 12.8. The standard InChI is InChI=1S/C20H26N4O5S2/c1-28-16-8-7-15(13-17(16)31(26,27)24-9-11-29-12-10-24)18(25)21-20-23-22-19(30-20)14-5-3-2-4-6-14/h7-8,13-14H,2-6,9-12H2,1H3,(H,21,23,25). The van der Waals surface area contributed by atoms with E-state index >= 15 is 0 Å². The molecule has 2 aromatic rings. The van der Waals surface area contributed by atoms with E-state index in [1.54, 1.807) is 0 Å². The van der Waals surface area contributed by atoms with Crippen molar-refractivity contribution in [3.63, 3.8) is 0 Å². The van der Waals surface area contributed by atoms with E-state index in [1.165, 1.54) is 60.2 Å². The molecule has 1 aromatic heterocycles. The zero-order chi connectivity index (χ0) is 21.8. The predicted octanol–water partition coefficient (Wildman–Crippen LogP) is 2.87. The van der Waals surface area contributed by atoms with Crippen LogP contribution in [0.4, 0.5) is 5.13 Å². The third-order valence-corrected chi connectivity index (χ3v) is 8.55. The Morgan fingerprint density at radius 2 is 1.94 bits per heavy atom. The van der Waals surface area contributed by atoms with Crippen molar-refractivity contribution in [3.05, 3.63) is 28.8 Å². The van der Waals surface area contributed by atoms with Crippen molar-refractivity contribution in [3.8, 4) is 5.75 Å². The summed E-state index contributed by atoms with van der Waals surface area (Å²) in [7, 11) is -2.42. The van der Waals surface area contributed by atoms with E-state index in [2.05, 4.69) is 15.5 Å². The van der Waals surface area contributed by atoms with Crippen molar-refractivity contribution in [1.82, 2.24) is 14.5 Å². The van der Waals surface area contributed by atoms with Crippen LogP contribution < -0.4 is 10.1 Å². The molecule has 31 heavy (non-hydrogen) atoms. The van der Waals surface area contributed by atoms with Crippen molar-refractivity contribution in [2.24, 2.45) is 0 Å². The minimum Gasteiger partial charge on any atom is -0.495 e. The average molecular weight is 467 g/mol. The number of amides is 1. The second-order valence-electron chi connectivity index (χ2n) is 7.62. The highest BCUT2D eigenvalue weighted by Crippen LogP contribution is 2.35. The molecule has 1 saturated heterocycles. The first-order valence-electron chi connectivity index (χ1n) is 10.4. The fourth-order valence-corrected chi connectivity index (χ4v) is 6.41. The number of hydrogen-bond acceptors (Lipinski definition) is 8. The van der Waals surface area contributed by atoms with Gasteiger partial charge in [-0.2, -0.15) is 4.31 Å². The molecular formula is C20H26N4O5S2. The number of ether oxygens (including phenoxy) is 2. The third-order valence-electron chi connectivity index (χ3n) is 5.63. The number of morpholine rings is 1. The zero-order valence-corrected chi connectivity index (χ0v) is 19.0. The first-order chi connectivity index (χ1) is 15.0. The molecule has 1 aromatic carbocycles. The van der Waals surface area contributed by atoms with E-state index < -0.39 is 15.9 Å². The maximum atomic E-state index is 13.1. The number of carbonyl (C=O) groups is 1. The number of rotatable bonds is 6. The Labute approximate surface area is 185 Å². The fourth-order valence-electron chi connectivity index (χ4n) is 3.91. The summed E-state index contributed by atoms with van der Waals surface area (Å²) in [5, 5.41) is 12.5. The van der Waals surface area contributed by atoms with E-state index in [0.717, 1.165) is 17.8 Å². The van der Waals surface area contributed by atoms with Crippen LogP contribution in [0.1, 0.15) is 53.4 Å². The zero-order valence-electron chi connectivity index (χ0n) is 17.4. The van der Waals surface area contributed by atoms with Crippen LogP contribution >= 0.6 is 11.3 Å². The van der Waals surface area contributed by atoms with Crippen molar-refractivity contribution in [2.75, 3.05) is 38.7 Å². The number of hydrogen-bond donors (Lipinski definition) is 1. The quantitative estimate of drug-likeness (QED) is 0.697. The molecule has 0 unspecified atom stereocenters. The molecule has 1 saturated carbocycles. The minimum absolute atomic E-state index is 0.0373. The lowest BCUT2D eigenvalue weighted by atomic mass is 9.90. The van der Waals surface area contributed by atoms with Crippen LogP contribution in [0, 0.1) is 0 Å². The number of anilines is 1. The summed E-state index contributed by atoms with van der Waals surface area (Å²) in [5.74, 6) is 0.161. The molecule has 0 bridgehead atoms. The van der Waals surface area contributed by atoms with Crippen LogP contribution in [0.15, 0.2) is 23.1 Å². The van der Waals surface area contributed by atoms with E-state index in [4.69, 9.17) is 9.47 Å². The van der Waals surface area contributed by atoms with E-state index in [0.29, 0.717) is 24.3 Å². The normalized spacial score (nSPS) is 18.6. The average Bonchev–Trinajstić information content (AvgIpc) is 3.28. The van der Waals surface area contributed by atoms with Crippen LogP contribution in [-0.4, -0.2) is 62.2 Å². The van der Waals surface area contributed by atoms with Gasteiger partial charge in [0.05, 0.1) is 20.3 Å². The Balaban J connectivity index is 1.53. The second kappa shape index (κ2) is 9.60. The molecule has 1 N–H and O–H groups in total. The smallest absolute Gasteiger partial charge is 0.257 e. The van der Waals surface area contributed by atoms with Gasteiger partial charge in [-0.3, -0.25) is 10.1 Å². The van der Waals surface area contributed by atoms with Gasteiger partial charge in [0.15, 0.2) is 0 Å². The minimum atomic E-state index is -3.82. The molecule has 1 amide bonds. The van der Waals surface area contributed by atoms with Crippen LogP contribution in [0.2, 0.25) is 0 Å². The summed E-state index contributed by atoms with van der Waals surface area (Å²) in [5.41, 5.74) is 0.210. The van der Waals surface area contributed by atoms with Gasteiger partial charge in [-0.15, -0.1) is 10.2 Å². The topological polar surface area (TPSA) is 111 Å². The van der Waals surface area contributed by atoms with Gasteiger partial charge in [-0.25, -0.2) is 8.42 Å². The summed E-state index contributed by atoms with van der Waals surface area (Å²) in [6.07, 6.45) is 5.84. The molecule has 168 valence electrons. The number of sulfonamides is 1. The Hall–Kier alpha value is -2.08. The number of aromatic nitrogens is 2. The number of methoxy groups -OCH3 is 1. The number of nitrogens with zero attached hydrogens (tertiary/aromatic N) is 3. The Kier molecular flexibility index (Phi) is 6.85. The third kappa shape index (κ3) is 4.89. The highest BCUT2D eigenvalue weighted by atomic mass is 32.2. The molecule has 0 atom stereocenters. The van der Waals surface area contributed by atoms with Crippen LogP contribution in [0.25, 0.3) is 0 Å². The molecular weight excluding hydrogens is 440 g/mol. The van der Waals surface area contributed by atoms with E-state index in [-0.39, 0.29) is 29.3 Å². The van der Waals surface area contributed by atoms with E-state index in [1.807, 2.05) is 0 Å². The van der Waals surface area contributed by atoms with Gasteiger partial charge in [-0.1, -0.05) is 30.6 Å². The van der Waals surface area contributed by atoms with Crippen LogP contribution in [0.5, 0.6) is 5.75 Å². The van der Waals surface area contributed by atoms with Crippen LogP contribution in [-0.2, 0) is 14.8 Å². The van der Waals surface area contributed by atoms with Crippen molar-refractivity contribution < 1.29 is 22.7 Å². The predicted molar refractivity (Wildman–Crippen MR) is 116 cm³/mol. The van der Waals surface area contributed by atoms with Gasteiger partial charge in [0.2, 0.25) is 15.2 Å². The summed E-state index contributed by atoms with van der Waals surface area (Å²) in [6, 6.07) is 4.38. The lowest BCUT2D eigenvalue weighted by Crippen LogP contribution is -2.40. The number of nitrogens with one attached hydrogen (secondary N) is 1. The Bertz CT molecular complexity index is 1030. The second-order valence-corrected chi connectivity index (χ2v) is 10.5. The molecule has 1 aliphatic heterocycles.